The van der Waals surface area contributed by atoms with Gasteiger partial charge < -0.3 is 11.1 Å². The Morgan fingerprint density at radius 2 is 2.24 bits per heavy atom. The van der Waals surface area contributed by atoms with Crippen LogP contribution in [0.5, 0.6) is 0 Å². The molecule has 0 radical (unpaired) electrons. The third-order valence-corrected chi connectivity index (χ3v) is 3.50. The fraction of sp³-hybridized carbons (Fsp3) is 0.692. The largest absolute Gasteiger partial charge is 0.384 e. The predicted octanol–water partition coefficient (Wildman–Crippen LogP) is 2.61. The van der Waals surface area contributed by atoms with Gasteiger partial charge in [0, 0.05) is 18.5 Å². The summed E-state index contributed by atoms with van der Waals surface area (Å²) in [6, 6.07) is 2.31. The molecule has 1 fully saturated rings. The van der Waals surface area contributed by atoms with E-state index in [1.54, 1.807) is 0 Å². The van der Waals surface area contributed by atoms with Gasteiger partial charge in [-0.2, -0.15) is 0 Å². The summed E-state index contributed by atoms with van der Waals surface area (Å²) in [4.78, 5) is 8.74. The van der Waals surface area contributed by atoms with Gasteiger partial charge in [0.2, 0.25) is 0 Å². The van der Waals surface area contributed by atoms with Crippen LogP contribution in [0.2, 0.25) is 0 Å². The molecule has 1 aromatic rings. The zero-order valence-corrected chi connectivity index (χ0v) is 10.7. The summed E-state index contributed by atoms with van der Waals surface area (Å²) in [6.45, 7) is 4.35. The number of anilines is 2. The van der Waals surface area contributed by atoms with Crippen LogP contribution in [0.15, 0.2) is 6.07 Å². The van der Waals surface area contributed by atoms with Crippen LogP contribution in [0.25, 0.3) is 0 Å². The highest BCUT2D eigenvalue weighted by Crippen LogP contribution is 2.30. The van der Waals surface area contributed by atoms with Gasteiger partial charge in [0.1, 0.15) is 17.5 Å². The fourth-order valence-corrected chi connectivity index (χ4v) is 2.22. The lowest BCUT2D eigenvalue weighted by Gasteiger charge is -2.32. The summed E-state index contributed by atoms with van der Waals surface area (Å²) in [5.74, 6) is 3.07. The standard InChI is InChI=1S/C13H22N4/c1-3-5-12-16-11(14)8-13(17-12)15-9(2)10-6-4-7-10/h8-10H,3-7H2,1-2H3,(H3,14,15,16,17). The summed E-state index contributed by atoms with van der Waals surface area (Å²) in [5, 5.41) is 3.45. The first-order valence-corrected chi connectivity index (χ1v) is 6.59. The van der Waals surface area contributed by atoms with Gasteiger partial charge in [-0.1, -0.05) is 13.3 Å². The van der Waals surface area contributed by atoms with E-state index in [1.807, 2.05) is 6.07 Å². The molecule has 2 rings (SSSR count). The van der Waals surface area contributed by atoms with Gasteiger partial charge in [0.05, 0.1) is 0 Å². The molecule has 0 amide bonds. The van der Waals surface area contributed by atoms with Gasteiger partial charge in [-0.3, -0.25) is 0 Å². The average molecular weight is 234 g/mol. The molecule has 3 N–H and O–H groups in total. The zero-order chi connectivity index (χ0) is 12.3. The quantitative estimate of drug-likeness (QED) is 0.822. The lowest BCUT2D eigenvalue weighted by Crippen LogP contribution is -2.31. The predicted molar refractivity (Wildman–Crippen MR) is 70.9 cm³/mol. The molecule has 94 valence electrons. The second-order valence-electron chi connectivity index (χ2n) is 4.97. The minimum atomic E-state index is 0.479. The summed E-state index contributed by atoms with van der Waals surface area (Å²) >= 11 is 0. The van der Waals surface area contributed by atoms with Crippen LogP contribution >= 0.6 is 0 Å². The van der Waals surface area contributed by atoms with Crippen LogP contribution < -0.4 is 11.1 Å². The van der Waals surface area contributed by atoms with Crippen LogP contribution in [0.3, 0.4) is 0 Å². The summed E-state index contributed by atoms with van der Waals surface area (Å²) in [6.07, 6.45) is 5.95. The Balaban J connectivity index is 2.03. The smallest absolute Gasteiger partial charge is 0.133 e. The molecule has 0 spiro atoms. The van der Waals surface area contributed by atoms with Crippen molar-refractivity contribution in [2.75, 3.05) is 11.1 Å². The van der Waals surface area contributed by atoms with E-state index in [0.29, 0.717) is 11.9 Å². The zero-order valence-electron chi connectivity index (χ0n) is 10.7. The maximum atomic E-state index is 5.80. The summed E-state index contributed by atoms with van der Waals surface area (Å²) in [7, 11) is 0. The van der Waals surface area contributed by atoms with Crippen molar-refractivity contribution in [3.05, 3.63) is 11.9 Å². The van der Waals surface area contributed by atoms with Gasteiger partial charge in [0.25, 0.3) is 0 Å². The fourth-order valence-electron chi connectivity index (χ4n) is 2.22. The lowest BCUT2D eigenvalue weighted by atomic mass is 9.80. The normalized spacial score (nSPS) is 17.5. The van der Waals surface area contributed by atoms with Crippen LogP contribution in [-0.4, -0.2) is 16.0 Å². The van der Waals surface area contributed by atoms with Gasteiger partial charge in [-0.25, -0.2) is 9.97 Å². The molecule has 1 heterocycles. The van der Waals surface area contributed by atoms with Crippen molar-refractivity contribution >= 4 is 11.6 Å². The minimum Gasteiger partial charge on any atom is -0.384 e. The van der Waals surface area contributed by atoms with E-state index < -0.39 is 0 Å². The molecular weight excluding hydrogens is 212 g/mol. The van der Waals surface area contributed by atoms with E-state index in [0.717, 1.165) is 30.4 Å². The van der Waals surface area contributed by atoms with Crippen molar-refractivity contribution in [1.29, 1.82) is 0 Å². The Morgan fingerprint density at radius 3 is 2.82 bits per heavy atom. The van der Waals surface area contributed by atoms with Crippen molar-refractivity contribution in [2.24, 2.45) is 5.92 Å². The Kier molecular flexibility index (Phi) is 3.82. The molecule has 1 aliphatic carbocycles. The molecule has 0 aliphatic heterocycles. The topological polar surface area (TPSA) is 63.8 Å². The third kappa shape index (κ3) is 3.08. The summed E-state index contributed by atoms with van der Waals surface area (Å²) in [5.41, 5.74) is 5.80. The van der Waals surface area contributed by atoms with Crippen LogP contribution in [0, 0.1) is 5.92 Å². The molecule has 1 aliphatic rings. The van der Waals surface area contributed by atoms with Gasteiger partial charge in [0.15, 0.2) is 0 Å². The van der Waals surface area contributed by atoms with Crippen molar-refractivity contribution in [2.45, 2.75) is 52.0 Å². The van der Waals surface area contributed by atoms with E-state index in [9.17, 15) is 0 Å². The van der Waals surface area contributed by atoms with Gasteiger partial charge in [-0.05, 0) is 32.1 Å². The maximum absolute atomic E-state index is 5.80. The van der Waals surface area contributed by atoms with Crippen molar-refractivity contribution in [1.82, 2.24) is 9.97 Å². The van der Waals surface area contributed by atoms with Crippen LogP contribution in [-0.2, 0) is 6.42 Å². The molecule has 17 heavy (non-hydrogen) atoms. The molecule has 0 aromatic carbocycles. The van der Waals surface area contributed by atoms with Crippen molar-refractivity contribution in [3.63, 3.8) is 0 Å². The Labute approximate surface area is 103 Å². The SMILES string of the molecule is CCCc1nc(N)cc(NC(C)C2CCC2)n1. The second-order valence-corrected chi connectivity index (χ2v) is 4.97. The van der Waals surface area contributed by atoms with E-state index >= 15 is 0 Å². The molecule has 4 heteroatoms. The molecule has 4 nitrogen and oxygen atoms in total. The highest BCUT2D eigenvalue weighted by Gasteiger charge is 2.24. The first kappa shape index (κ1) is 12.1. The Bertz CT molecular complexity index is 374. The molecule has 1 saturated carbocycles. The van der Waals surface area contributed by atoms with E-state index in [1.165, 1.54) is 19.3 Å². The second kappa shape index (κ2) is 5.34. The number of nitrogens with one attached hydrogen (secondary N) is 1. The number of aromatic nitrogens is 2. The Morgan fingerprint density at radius 1 is 1.47 bits per heavy atom. The van der Waals surface area contributed by atoms with E-state index in [2.05, 4.69) is 29.1 Å². The number of rotatable bonds is 5. The summed E-state index contributed by atoms with van der Waals surface area (Å²) < 4.78 is 0. The number of nitrogens with zero attached hydrogens (tertiary/aromatic N) is 2. The maximum Gasteiger partial charge on any atom is 0.133 e. The van der Waals surface area contributed by atoms with E-state index in [-0.39, 0.29) is 0 Å². The van der Waals surface area contributed by atoms with Gasteiger partial charge >= 0.3 is 0 Å². The molecule has 0 saturated heterocycles. The highest BCUT2D eigenvalue weighted by molar-refractivity contribution is 5.45. The average Bonchev–Trinajstić information content (AvgIpc) is 2.13. The first-order chi connectivity index (χ1) is 8.19. The number of nitrogen functional groups attached to an aromatic ring is 1. The monoisotopic (exact) mass is 234 g/mol. The minimum absolute atomic E-state index is 0.479. The van der Waals surface area contributed by atoms with Crippen LogP contribution in [0.1, 0.15) is 45.4 Å². The Hall–Kier alpha value is -1.32. The number of hydrogen-bond donors (Lipinski definition) is 2. The number of hydrogen-bond acceptors (Lipinski definition) is 4. The van der Waals surface area contributed by atoms with Crippen molar-refractivity contribution in [3.8, 4) is 0 Å². The lowest BCUT2D eigenvalue weighted by molar-refractivity contribution is 0.285. The number of aryl methyl sites for hydroxylation is 1. The molecule has 1 aromatic heterocycles. The molecule has 0 bridgehead atoms. The third-order valence-electron chi connectivity index (χ3n) is 3.50. The van der Waals surface area contributed by atoms with E-state index in [4.69, 9.17) is 5.73 Å². The first-order valence-electron chi connectivity index (χ1n) is 6.59. The van der Waals surface area contributed by atoms with Crippen molar-refractivity contribution < 1.29 is 0 Å². The molecule has 1 atom stereocenters. The number of nitrogens with two attached hydrogens (primary N) is 1. The molecular formula is C13H22N4. The van der Waals surface area contributed by atoms with Crippen LogP contribution in [0.4, 0.5) is 11.6 Å². The van der Waals surface area contributed by atoms with Gasteiger partial charge in [-0.15, -0.1) is 0 Å². The molecule has 1 unspecified atom stereocenters. The highest BCUT2D eigenvalue weighted by atomic mass is 15.1.